The normalized spacial score (nSPS) is 18.3. The molecule has 0 atom stereocenters. The number of allylic oxidation sites excluding steroid dienone is 3. The van der Waals surface area contributed by atoms with E-state index in [2.05, 4.69) is 34.4 Å². The number of benzene rings is 1. The van der Waals surface area contributed by atoms with Crippen LogP contribution in [0.25, 0.3) is 10.8 Å². The molecule has 0 amide bonds. The molecule has 3 heterocycles. The summed E-state index contributed by atoms with van der Waals surface area (Å²) in [6, 6.07) is 8.09. The van der Waals surface area contributed by atoms with Crippen LogP contribution in [0, 0.1) is 0 Å². The fourth-order valence-corrected chi connectivity index (χ4v) is 4.20. The molecule has 0 radical (unpaired) electrons. The van der Waals surface area contributed by atoms with E-state index in [4.69, 9.17) is 27.9 Å². The van der Waals surface area contributed by atoms with Crippen LogP contribution in [0.5, 0.6) is 5.75 Å². The largest absolute Gasteiger partial charge is 0.491 e. The van der Waals surface area contributed by atoms with Gasteiger partial charge in [-0.1, -0.05) is 35.3 Å². The molecule has 6 heteroatoms. The van der Waals surface area contributed by atoms with Gasteiger partial charge in [-0.05, 0) is 49.2 Å². The highest BCUT2D eigenvalue weighted by Crippen LogP contribution is 2.35. The van der Waals surface area contributed by atoms with Crippen molar-refractivity contribution in [1.29, 1.82) is 0 Å². The quantitative estimate of drug-likeness (QED) is 0.558. The summed E-state index contributed by atoms with van der Waals surface area (Å²) in [7, 11) is 0. The summed E-state index contributed by atoms with van der Waals surface area (Å²) in [5.41, 5.74) is 4.08. The predicted molar refractivity (Wildman–Crippen MR) is 132 cm³/mol. The van der Waals surface area contributed by atoms with E-state index in [0.29, 0.717) is 16.7 Å². The molecule has 4 nitrogen and oxygen atoms in total. The van der Waals surface area contributed by atoms with E-state index in [1.165, 1.54) is 16.8 Å². The van der Waals surface area contributed by atoms with Crippen molar-refractivity contribution in [3.63, 3.8) is 0 Å². The van der Waals surface area contributed by atoms with Gasteiger partial charge in [0.2, 0.25) is 0 Å². The topological polar surface area (TPSA) is 37.4 Å². The second-order valence-electron chi connectivity index (χ2n) is 7.35. The molecule has 1 aromatic heterocycles. The summed E-state index contributed by atoms with van der Waals surface area (Å²) in [5.74, 6) is 0.903. The average molecular weight is 458 g/mol. The molecular formula is C25H29Cl2N3O. The number of hydrogen-bond acceptors (Lipinski definition) is 4. The molecule has 31 heavy (non-hydrogen) atoms. The zero-order chi connectivity index (χ0) is 22.2. The van der Waals surface area contributed by atoms with Gasteiger partial charge in [-0.15, -0.1) is 13.2 Å². The van der Waals surface area contributed by atoms with Crippen LogP contribution in [-0.4, -0.2) is 42.7 Å². The first-order chi connectivity index (χ1) is 15.1. The highest BCUT2D eigenvalue weighted by Gasteiger charge is 2.27. The zero-order valence-electron chi connectivity index (χ0n) is 18.0. The lowest BCUT2D eigenvalue weighted by Crippen LogP contribution is -2.27. The van der Waals surface area contributed by atoms with E-state index >= 15 is 0 Å². The summed E-state index contributed by atoms with van der Waals surface area (Å²) in [6.07, 6.45) is 7.74. The second kappa shape index (κ2) is 11.4. The number of aromatic nitrogens is 1. The maximum Gasteiger partial charge on any atom is 0.127 e. The highest BCUT2D eigenvalue weighted by atomic mass is 35.5. The molecule has 2 aliphatic heterocycles. The van der Waals surface area contributed by atoms with Gasteiger partial charge in [0.1, 0.15) is 12.4 Å². The molecule has 2 aromatic rings. The molecule has 0 unspecified atom stereocenters. The van der Waals surface area contributed by atoms with Crippen LogP contribution in [0.3, 0.4) is 0 Å². The van der Waals surface area contributed by atoms with Gasteiger partial charge < -0.3 is 15.0 Å². The lowest BCUT2D eigenvalue weighted by Gasteiger charge is -2.22. The van der Waals surface area contributed by atoms with E-state index < -0.39 is 0 Å². The minimum atomic E-state index is 0.619. The second-order valence-corrected chi connectivity index (χ2v) is 8.32. The molecule has 4 rings (SSSR count). The number of halogens is 2. The Labute approximate surface area is 194 Å². The van der Waals surface area contributed by atoms with Gasteiger partial charge in [0.25, 0.3) is 0 Å². The number of pyridine rings is 1. The van der Waals surface area contributed by atoms with Crippen molar-refractivity contribution in [2.75, 3.05) is 32.8 Å². The lowest BCUT2D eigenvalue weighted by atomic mass is 10.0. The zero-order valence-corrected chi connectivity index (χ0v) is 19.5. The Morgan fingerprint density at radius 3 is 2.84 bits per heavy atom. The molecule has 1 aromatic carbocycles. The summed E-state index contributed by atoms with van der Waals surface area (Å²) < 4.78 is 6.16. The van der Waals surface area contributed by atoms with Crippen molar-refractivity contribution < 1.29 is 4.74 Å². The molecule has 164 valence electrons. The van der Waals surface area contributed by atoms with Crippen LogP contribution < -0.4 is 10.1 Å². The van der Waals surface area contributed by atoms with Gasteiger partial charge in [0.15, 0.2) is 0 Å². The smallest absolute Gasteiger partial charge is 0.127 e. The van der Waals surface area contributed by atoms with Crippen LogP contribution in [0.2, 0.25) is 0 Å². The van der Waals surface area contributed by atoms with E-state index in [9.17, 15) is 0 Å². The van der Waals surface area contributed by atoms with Crippen molar-refractivity contribution in [3.8, 4) is 5.75 Å². The van der Waals surface area contributed by atoms with Crippen molar-refractivity contribution in [3.05, 3.63) is 82.8 Å². The third-order valence-corrected chi connectivity index (χ3v) is 6.15. The predicted octanol–water partition coefficient (Wildman–Crippen LogP) is 6.00. The van der Waals surface area contributed by atoms with Gasteiger partial charge >= 0.3 is 0 Å². The van der Waals surface area contributed by atoms with Crippen molar-refractivity contribution in [2.24, 2.45) is 0 Å². The lowest BCUT2D eigenvalue weighted by molar-refractivity contribution is 0.256. The van der Waals surface area contributed by atoms with E-state index in [-0.39, 0.29) is 0 Å². The van der Waals surface area contributed by atoms with Gasteiger partial charge in [-0.2, -0.15) is 0 Å². The first kappa shape index (κ1) is 23.4. The first-order valence-corrected chi connectivity index (χ1v) is 11.2. The van der Waals surface area contributed by atoms with Crippen molar-refractivity contribution in [1.82, 2.24) is 15.2 Å². The Morgan fingerprint density at radius 1 is 1.23 bits per heavy atom. The molecular weight excluding hydrogens is 429 g/mol. The molecule has 0 saturated carbocycles. The maximum atomic E-state index is 6.34. The van der Waals surface area contributed by atoms with Gasteiger partial charge in [0.05, 0.1) is 11.6 Å². The first-order valence-electron chi connectivity index (χ1n) is 10.5. The minimum Gasteiger partial charge on any atom is -0.491 e. The van der Waals surface area contributed by atoms with Crippen LogP contribution in [-0.2, 0) is 0 Å². The van der Waals surface area contributed by atoms with Crippen LogP contribution in [0.15, 0.2) is 82.8 Å². The van der Waals surface area contributed by atoms with Gasteiger partial charge in [-0.25, -0.2) is 0 Å². The summed E-state index contributed by atoms with van der Waals surface area (Å²) >= 11 is 12.4. The molecule has 0 spiro atoms. The standard InChI is InChI=1S/C23H25Cl2N3O.C2H4/c1-16(24)21(25)13-18-15-28(22-7-10-26-8-5-19(18)22)11-12-29-23-4-2-3-17-14-27-9-6-20(17)23;1-2/h2-4,6,9,13-14,26H,5,7-8,10-12,15H2,1H3;1-2H2/b18-13+,21-16-;. The number of fused-ring (bicyclic) bond motifs is 1. The Bertz CT molecular complexity index is 1000. The Kier molecular flexibility index (Phi) is 8.59. The van der Waals surface area contributed by atoms with Crippen molar-refractivity contribution in [2.45, 2.75) is 19.8 Å². The summed E-state index contributed by atoms with van der Waals surface area (Å²) in [6.45, 7) is 12.1. The highest BCUT2D eigenvalue weighted by molar-refractivity contribution is 6.40. The molecule has 0 fully saturated rings. The molecule has 2 aliphatic rings. The van der Waals surface area contributed by atoms with E-state index in [1.807, 2.05) is 37.4 Å². The molecule has 0 bridgehead atoms. The Morgan fingerprint density at radius 2 is 2.03 bits per heavy atom. The summed E-state index contributed by atoms with van der Waals surface area (Å²) in [5, 5.41) is 6.92. The third kappa shape index (κ3) is 5.70. The van der Waals surface area contributed by atoms with Crippen LogP contribution >= 0.6 is 23.2 Å². The number of rotatable bonds is 5. The summed E-state index contributed by atoms with van der Waals surface area (Å²) in [4.78, 5) is 6.61. The fraction of sp³-hybridized carbons (Fsp3) is 0.320. The van der Waals surface area contributed by atoms with Crippen LogP contribution in [0.1, 0.15) is 19.8 Å². The van der Waals surface area contributed by atoms with E-state index in [1.54, 1.807) is 6.20 Å². The maximum absolute atomic E-state index is 6.34. The van der Waals surface area contributed by atoms with Crippen LogP contribution in [0.4, 0.5) is 0 Å². The monoisotopic (exact) mass is 457 g/mol. The number of ether oxygens (including phenoxy) is 1. The number of nitrogens with one attached hydrogen (secondary N) is 1. The third-order valence-electron chi connectivity index (χ3n) is 5.46. The van der Waals surface area contributed by atoms with Gasteiger partial charge in [0, 0.05) is 53.4 Å². The average Bonchev–Trinajstić information content (AvgIpc) is 2.95. The number of hydrogen-bond donors (Lipinski definition) is 1. The molecule has 1 N–H and O–H groups in total. The molecule has 0 aliphatic carbocycles. The fourth-order valence-electron chi connectivity index (χ4n) is 4.02. The SMILES string of the molecule is C/C(Cl)=C(Cl)\C=C1/CN(CCOc2cccc3cnccc23)C2=C1CCNCC2.C=C. The molecule has 0 saturated heterocycles. The Hall–Kier alpha value is -2.27. The number of nitrogens with zero attached hydrogens (tertiary/aromatic N) is 2. The Balaban J connectivity index is 0.00000132. The van der Waals surface area contributed by atoms with Gasteiger partial charge in [-0.3, -0.25) is 4.98 Å². The van der Waals surface area contributed by atoms with E-state index in [0.717, 1.165) is 55.5 Å². The van der Waals surface area contributed by atoms with Crippen molar-refractivity contribution >= 4 is 34.0 Å². The minimum absolute atomic E-state index is 0.619.